The molecule has 0 unspecified atom stereocenters. The second-order valence-electron chi connectivity index (χ2n) is 5.99. The van der Waals surface area contributed by atoms with Crippen LogP contribution in [0.15, 0.2) is 23.2 Å². The molecule has 1 fully saturated rings. The molecule has 1 saturated heterocycles. The van der Waals surface area contributed by atoms with Crippen LogP contribution < -0.4 is 20.1 Å². The maximum atomic E-state index is 5.56. The third kappa shape index (κ3) is 6.72. The van der Waals surface area contributed by atoms with Gasteiger partial charge in [0.05, 0.1) is 33.5 Å². The van der Waals surface area contributed by atoms with Crippen LogP contribution in [0.1, 0.15) is 19.4 Å². The minimum atomic E-state index is 0.579. The van der Waals surface area contributed by atoms with Gasteiger partial charge in [-0.1, -0.05) is 6.07 Å². The van der Waals surface area contributed by atoms with E-state index in [0.717, 1.165) is 69.0 Å². The highest BCUT2D eigenvalue weighted by Gasteiger charge is 2.10. The molecule has 0 aliphatic carbocycles. The molecule has 1 aromatic rings. The Morgan fingerprint density at radius 2 is 2.00 bits per heavy atom. The van der Waals surface area contributed by atoms with Crippen LogP contribution in [0.4, 0.5) is 0 Å². The molecule has 1 heterocycles. The van der Waals surface area contributed by atoms with Crippen LogP contribution in [0.5, 0.6) is 11.5 Å². The van der Waals surface area contributed by atoms with Gasteiger partial charge in [-0.25, -0.2) is 4.99 Å². The zero-order chi connectivity index (χ0) is 18.6. The van der Waals surface area contributed by atoms with E-state index in [1.54, 1.807) is 7.11 Å². The van der Waals surface area contributed by atoms with Gasteiger partial charge in [0.25, 0.3) is 0 Å². The Morgan fingerprint density at radius 1 is 1.19 bits per heavy atom. The van der Waals surface area contributed by atoms with Crippen molar-refractivity contribution in [3.05, 3.63) is 23.8 Å². The number of nitrogens with zero attached hydrogens (tertiary/aromatic N) is 2. The van der Waals surface area contributed by atoms with Crippen molar-refractivity contribution in [3.8, 4) is 11.5 Å². The van der Waals surface area contributed by atoms with Gasteiger partial charge in [-0.15, -0.1) is 0 Å². The lowest BCUT2D eigenvalue weighted by molar-refractivity contribution is 0.0389. The molecule has 0 spiro atoms. The van der Waals surface area contributed by atoms with Crippen molar-refractivity contribution in [1.29, 1.82) is 0 Å². The Kier molecular flexibility index (Phi) is 9.06. The summed E-state index contributed by atoms with van der Waals surface area (Å²) in [5, 5.41) is 6.69. The summed E-state index contributed by atoms with van der Waals surface area (Å²) in [7, 11) is 1.65. The summed E-state index contributed by atoms with van der Waals surface area (Å²) in [6, 6.07) is 5.94. The van der Waals surface area contributed by atoms with Gasteiger partial charge in [0.2, 0.25) is 0 Å². The second-order valence-corrected chi connectivity index (χ2v) is 5.99. The number of guanidine groups is 1. The quantitative estimate of drug-likeness (QED) is 0.511. The predicted molar refractivity (Wildman–Crippen MR) is 104 cm³/mol. The summed E-state index contributed by atoms with van der Waals surface area (Å²) in [4.78, 5) is 7.07. The number of ether oxygens (including phenoxy) is 3. The first kappa shape index (κ1) is 20.3. The van der Waals surface area contributed by atoms with E-state index >= 15 is 0 Å². The van der Waals surface area contributed by atoms with E-state index < -0.39 is 0 Å². The molecule has 1 aliphatic rings. The van der Waals surface area contributed by atoms with Crippen molar-refractivity contribution in [3.63, 3.8) is 0 Å². The summed E-state index contributed by atoms with van der Waals surface area (Å²) < 4.78 is 16.3. The first-order valence-electron chi connectivity index (χ1n) is 9.38. The van der Waals surface area contributed by atoms with E-state index in [9.17, 15) is 0 Å². The molecule has 26 heavy (non-hydrogen) atoms. The zero-order valence-electron chi connectivity index (χ0n) is 16.2. The summed E-state index contributed by atoms with van der Waals surface area (Å²) in [6.07, 6.45) is 0. The molecule has 1 aromatic carbocycles. The molecule has 1 aliphatic heterocycles. The van der Waals surface area contributed by atoms with Gasteiger partial charge in [-0.05, 0) is 31.5 Å². The van der Waals surface area contributed by atoms with Crippen molar-refractivity contribution >= 4 is 5.96 Å². The third-order valence-corrected chi connectivity index (χ3v) is 4.12. The molecule has 0 atom stereocenters. The number of benzene rings is 1. The normalized spacial score (nSPS) is 15.6. The third-order valence-electron chi connectivity index (χ3n) is 4.12. The van der Waals surface area contributed by atoms with Gasteiger partial charge >= 0.3 is 0 Å². The van der Waals surface area contributed by atoms with Crippen LogP contribution >= 0.6 is 0 Å². The Labute approximate surface area is 156 Å². The molecule has 146 valence electrons. The van der Waals surface area contributed by atoms with E-state index in [1.807, 2.05) is 25.1 Å². The molecule has 0 aromatic heterocycles. The maximum absolute atomic E-state index is 5.56. The standard InChI is InChI=1S/C19H32N4O3/c1-4-20-19(21-8-9-23-10-12-25-13-11-23)22-15-16-6-7-17(26-5-2)18(14-16)24-3/h6-7,14H,4-5,8-13,15H2,1-3H3,(H2,20,21,22). The number of morpholine rings is 1. The summed E-state index contributed by atoms with van der Waals surface area (Å²) in [6.45, 7) is 11.6. The topological polar surface area (TPSA) is 67.4 Å². The predicted octanol–water partition coefficient (Wildman–Crippen LogP) is 1.48. The molecule has 2 N–H and O–H groups in total. The van der Waals surface area contributed by atoms with Crippen molar-refractivity contribution < 1.29 is 14.2 Å². The van der Waals surface area contributed by atoms with Gasteiger partial charge in [-0.3, -0.25) is 4.90 Å². The average molecular weight is 364 g/mol. The highest BCUT2D eigenvalue weighted by molar-refractivity contribution is 5.79. The zero-order valence-corrected chi connectivity index (χ0v) is 16.2. The van der Waals surface area contributed by atoms with E-state index in [0.29, 0.717) is 13.2 Å². The summed E-state index contributed by atoms with van der Waals surface area (Å²) in [5.74, 6) is 2.33. The van der Waals surface area contributed by atoms with Crippen LogP contribution in [0.2, 0.25) is 0 Å². The lowest BCUT2D eigenvalue weighted by atomic mass is 10.2. The number of hydrogen-bond donors (Lipinski definition) is 2. The van der Waals surface area contributed by atoms with Gasteiger partial charge in [0, 0.05) is 32.7 Å². The Bertz CT molecular complexity index is 560. The van der Waals surface area contributed by atoms with Crippen LogP contribution in [-0.2, 0) is 11.3 Å². The summed E-state index contributed by atoms with van der Waals surface area (Å²) >= 11 is 0. The van der Waals surface area contributed by atoms with Crippen LogP contribution in [0.3, 0.4) is 0 Å². The monoisotopic (exact) mass is 364 g/mol. The minimum Gasteiger partial charge on any atom is -0.493 e. The molecule has 0 bridgehead atoms. The average Bonchev–Trinajstić information content (AvgIpc) is 2.68. The fraction of sp³-hybridized carbons (Fsp3) is 0.632. The second kappa shape index (κ2) is 11.6. The molecule has 2 rings (SSSR count). The number of hydrogen-bond acceptors (Lipinski definition) is 5. The number of nitrogens with one attached hydrogen (secondary N) is 2. The first-order valence-corrected chi connectivity index (χ1v) is 9.38. The molecular formula is C19H32N4O3. The van der Waals surface area contributed by atoms with Crippen molar-refractivity contribution in [2.45, 2.75) is 20.4 Å². The Balaban J connectivity index is 1.88. The van der Waals surface area contributed by atoms with Crippen molar-refractivity contribution in [2.24, 2.45) is 4.99 Å². The largest absolute Gasteiger partial charge is 0.493 e. The lowest BCUT2D eigenvalue weighted by Crippen LogP contribution is -2.44. The lowest BCUT2D eigenvalue weighted by Gasteiger charge is -2.26. The van der Waals surface area contributed by atoms with Crippen molar-refractivity contribution in [1.82, 2.24) is 15.5 Å². The fourth-order valence-corrected chi connectivity index (χ4v) is 2.75. The molecule has 0 saturated carbocycles. The minimum absolute atomic E-state index is 0.579. The summed E-state index contributed by atoms with van der Waals surface area (Å²) in [5.41, 5.74) is 1.08. The smallest absolute Gasteiger partial charge is 0.191 e. The number of aliphatic imine (C=N–C) groups is 1. The van der Waals surface area contributed by atoms with E-state index in [-0.39, 0.29) is 0 Å². The molecule has 7 nitrogen and oxygen atoms in total. The highest BCUT2D eigenvalue weighted by atomic mass is 16.5. The Hall–Kier alpha value is -1.99. The fourth-order valence-electron chi connectivity index (χ4n) is 2.75. The van der Waals surface area contributed by atoms with Gasteiger partial charge < -0.3 is 24.8 Å². The van der Waals surface area contributed by atoms with Gasteiger partial charge in [-0.2, -0.15) is 0 Å². The highest BCUT2D eigenvalue weighted by Crippen LogP contribution is 2.28. The SMILES string of the molecule is CCNC(=NCc1ccc(OCC)c(OC)c1)NCCN1CCOCC1. The molecular weight excluding hydrogens is 332 g/mol. The molecule has 0 amide bonds. The van der Waals surface area contributed by atoms with E-state index in [1.165, 1.54) is 0 Å². The number of rotatable bonds is 9. The van der Waals surface area contributed by atoms with E-state index in [2.05, 4.69) is 27.4 Å². The van der Waals surface area contributed by atoms with E-state index in [4.69, 9.17) is 14.2 Å². The first-order chi connectivity index (χ1) is 12.8. The van der Waals surface area contributed by atoms with Crippen LogP contribution in [0, 0.1) is 0 Å². The van der Waals surface area contributed by atoms with Gasteiger partial charge in [0.15, 0.2) is 17.5 Å². The van der Waals surface area contributed by atoms with Crippen LogP contribution in [-0.4, -0.2) is 70.5 Å². The molecule has 7 heteroatoms. The maximum Gasteiger partial charge on any atom is 0.191 e. The Morgan fingerprint density at radius 3 is 2.69 bits per heavy atom. The van der Waals surface area contributed by atoms with Crippen molar-refractivity contribution in [2.75, 3.05) is 59.7 Å². The van der Waals surface area contributed by atoms with Crippen LogP contribution in [0.25, 0.3) is 0 Å². The van der Waals surface area contributed by atoms with Gasteiger partial charge in [0.1, 0.15) is 0 Å². The molecule has 0 radical (unpaired) electrons. The number of methoxy groups -OCH3 is 1.